The van der Waals surface area contributed by atoms with Crippen molar-refractivity contribution in [3.63, 3.8) is 0 Å². The first-order valence-electron chi connectivity index (χ1n) is 10.9. The average Bonchev–Trinajstić information content (AvgIpc) is 3.14. The molecule has 2 aliphatic heterocycles. The highest BCUT2D eigenvalue weighted by atomic mass is 19.4. The molecule has 1 aromatic rings. The van der Waals surface area contributed by atoms with Crippen LogP contribution in [0.3, 0.4) is 0 Å². The van der Waals surface area contributed by atoms with E-state index in [4.69, 9.17) is 0 Å². The molecule has 2 amide bonds. The van der Waals surface area contributed by atoms with E-state index in [0.717, 1.165) is 18.9 Å². The maximum atomic E-state index is 13.4. The molecule has 2 saturated heterocycles. The fourth-order valence-corrected chi connectivity index (χ4v) is 4.98. The second kappa shape index (κ2) is 9.90. The number of nitrogens with zero attached hydrogens (tertiary/aromatic N) is 2. The summed E-state index contributed by atoms with van der Waals surface area (Å²) < 4.78 is 40.3. The fourth-order valence-electron chi connectivity index (χ4n) is 4.98. The largest absolute Gasteiger partial charge is 0.416 e. The van der Waals surface area contributed by atoms with Gasteiger partial charge < -0.3 is 10.2 Å². The van der Waals surface area contributed by atoms with Crippen LogP contribution in [0, 0.1) is 0 Å². The van der Waals surface area contributed by atoms with Crippen molar-refractivity contribution in [2.75, 3.05) is 19.6 Å². The molecule has 1 unspecified atom stereocenters. The molecule has 0 bridgehead atoms. The topological polar surface area (TPSA) is 52.7 Å². The van der Waals surface area contributed by atoms with Gasteiger partial charge in [-0.05, 0) is 37.3 Å². The van der Waals surface area contributed by atoms with E-state index in [-0.39, 0.29) is 35.9 Å². The number of likely N-dealkylation sites (tertiary alicyclic amines) is 1. The van der Waals surface area contributed by atoms with Crippen molar-refractivity contribution in [3.8, 4) is 0 Å². The molecular formula is C24H30F3N3O2. The van der Waals surface area contributed by atoms with E-state index in [1.165, 1.54) is 12.1 Å². The van der Waals surface area contributed by atoms with E-state index in [0.29, 0.717) is 32.5 Å². The summed E-state index contributed by atoms with van der Waals surface area (Å²) >= 11 is 0. The second-order valence-electron chi connectivity index (χ2n) is 8.50. The monoisotopic (exact) mass is 449 g/mol. The average molecular weight is 450 g/mol. The Hall–Kier alpha value is -2.61. The van der Waals surface area contributed by atoms with Gasteiger partial charge in [-0.1, -0.05) is 30.4 Å². The zero-order valence-electron chi connectivity index (χ0n) is 18.2. The van der Waals surface area contributed by atoms with Crippen molar-refractivity contribution < 1.29 is 22.8 Å². The van der Waals surface area contributed by atoms with Crippen molar-refractivity contribution in [1.29, 1.82) is 0 Å². The van der Waals surface area contributed by atoms with Crippen LogP contribution in [-0.4, -0.2) is 52.8 Å². The van der Waals surface area contributed by atoms with Crippen LogP contribution in [0.4, 0.5) is 13.2 Å². The van der Waals surface area contributed by atoms with Crippen LogP contribution in [0.5, 0.6) is 0 Å². The highest BCUT2D eigenvalue weighted by molar-refractivity contribution is 5.89. The van der Waals surface area contributed by atoms with Crippen molar-refractivity contribution in [2.45, 2.75) is 56.4 Å². The highest BCUT2D eigenvalue weighted by Gasteiger charge is 2.43. The molecule has 0 radical (unpaired) electrons. The lowest BCUT2D eigenvalue weighted by Gasteiger charge is -2.40. The van der Waals surface area contributed by atoms with Gasteiger partial charge in [-0.25, -0.2) is 0 Å². The lowest BCUT2D eigenvalue weighted by molar-refractivity contribution is -0.142. The zero-order valence-corrected chi connectivity index (χ0v) is 18.2. The Kier molecular flexibility index (Phi) is 7.44. The Morgan fingerprint density at radius 1 is 1.19 bits per heavy atom. The molecule has 2 aliphatic rings. The third-order valence-corrected chi connectivity index (χ3v) is 6.45. The van der Waals surface area contributed by atoms with E-state index in [2.05, 4.69) is 18.5 Å². The van der Waals surface area contributed by atoms with Gasteiger partial charge in [0.25, 0.3) is 0 Å². The molecule has 8 heteroatoms. The highest BCUT2D eigenvalue weighted by Crippen LogP contribution is 2.37. The first kappa shape index (κ1) is 24.0. The predicted octanol–water partition coefficient (Wildman–Crippen LogP) is 3.91. The van der Waals surface area contributed by atoms with E-state index in [1.807, 2.05) is 4.90 Å². The maximum Gasteiger partial charge on any atom is 0.416 e. The number of piperazine rings is 1. The first-order valence-corrected chi connectivity index (χ1v) is 10.9. The number of halogens is 3. The summed E-state index contributed by atoms with van der Waals surface area (Å²) in [4.78, 5) is 29.5. The van der Waals surface area contributed by atoms with Gasteiger partial charge in [0.2, 0.25) is 11.8 Å². The number of carbonyl (C=O) groups is 2. The van der Waals surface area contributed by atoms with Crippen LogP contribution in [0.25, 0.3) is 0 Å². The van der Waals surface area contributed by atoms with Crippen LogP contribution >= 0.6 is 0 Å². The number of carbonyl (C=O) groups excluding carboxylic acids is 2. The number of nitrogens with one attached hydrogen (secondary N) is 1. The normalized spacial score (nSPS) is 21.3. The molecule has 174 valence electrons. The van der Waals surface area contributed by atoms with Gasteiger partial charge in [-0.3, -0.25) is 14.5 Å². The summed E-state index contributed by atoms with van der Waals surface area (Å²) in [7, 11) is 0. The van der Waals surface area contributed by atoms with Crippen molar-refractivity contribution in [1.82, 2.24) is 15.1 Å². The van der Waals surface area contributed by atoms with Gasteiger partial charge in [-0.2, -0.15) is 13.2 Å². The standard InChI is InChI=1S/C24H30F3N3O2/c1-3-10-23(11-4-2)12-7-14-30(23)21(31)16-20-22(32)28-13-15-29(20)17-18-8-5-6-9-19(18)24(25,26)27/h3-6,8-9,20H,1-2,7,10-17H2,(H,28,32). The van der Waals surface area contributed by atoms with Gasteiger partial charge in [0.1, 0.15) is 0 Å². The Bertz CT molecular complexity index is 858. The third kappa shape index (κ3) is 5.06. The molecule has 0 aliphatic carbocycles. The molecule has 0 saturated carbocycles. The zero-order chi connectivity index (χ0) is 23.4. The van der Waals surface area contributed by atoms with Gasteiger partial charge in [0.05, 0.1) is 18.0 Å². The predicted molar refractivity (Wildman–Crippen MR) is 117 cm³/mol. The summed E-state index contributed by atoms with van der Waals surface area (Å²) in [5.41, 5.74) is -1.01. The van der Waals surface area contributed by atoms with E-state index in [9.17, 15) is 22.8 Å². The molecule has 0 aromatic heterocycles. The Labute approximate surface area is 186 Å². The Morgan fingerprint density at radius 2 is 1.88 bits per heavy atom. The summed E-state index contributed by atoms with van der Waals surface area (Å²) in [5, 5.41) is 2.75. The molecule has 32 heavy (non-hydrogen) atoms. The molecule has 5 nitrogen and oxygen atoms in total. The van der Waals surface area contributed by atoms with Gasteiger partial charge >= 0.3 is 6.18 Å². The SMILES string of the molecule is C=CCC1(CC=C)CCCN1C(=O)CC1C(=O)NCCN1Cc1ccccc1C(F)(F)F. The number of hydrogen-bond acceptors (Lipinski definition) is 3. The van der Waals surface area contributed by atoms with Crippen molar-refractivity contribution in [2.24, 2.45) is 0 Å². The lowest BCUT2D eigenvalue weighted by atomic mass is 9.87. The van der Waals surface area contributed by atoms with Crippen LogP contribution in [0.2, 0.25) is 0 Å². The minimum Gasteiger partial charge on any atom is -0.353 e. The summed E-state index contributed by atoms with van der Waals surface area (Å²) in [6.45, 7) is 8.89. The molecular weight excluding hydrogens is 419 g/mol. The Morgan fingerprint density at radius 3 is 2.53 bits per heavy atom. The maximum absolute atomic E-state index is 13.4. The molecule has 1 atom stereocenters. The molecule has 2 heterocycles. The second-order valence-corrected chi connectivity index (χ2v) is 8.50. The lowest BCUT2D eigenvalue weighted by Crippen LogP contribution is -2.57. The summed E-state index contributed by atoms with van der Waals surface area (Å²) in [5.74, 6) is -0.492. The minimum atomic E-state index is -4.48. The van der Waals surface area contributed by atoms with E-state index < -0.39 is 17.8 Å². The van der Waals surface area contributed by atoms with E-state index in [1.54, 1.807) is 23.1 Å². The van der Waals surface area contributed by atoms with Crippen LogP contribution in [0.15, 0.2) is 49.6 Å². The van der Waals surface area contributed by atoms with Gasteiger partial charge in [-0.15, -0.1) is 13.2 Å². The summed E-state index contributed by atoms with van der Waals surface area (Å²) in [6.07, 6.45) is 1.98. The van der Waals surface area contributed by atoms with Crippen LogP contribution < -0.4 is 5.32 Å². The number of amides is 2. The smallest absolute Gasteiger partial charge is 0.353 e. The number of rotatable bonds is 8. The fraction of sp³-hybridized carbons (Fsp3) is 0.500. The van der Waals surface area contributed by atoms with Crippen LogP contribution in [0.1, 0.15) is 43.2 Å². The number of benzene rings is 1. The third-order valence-electron chi connectivity index (χ3n) is 6.45. The molecule has 2 fully saturated rings. The summed E-state index contributed by atoms with van der Waals surface area (Å²) in [6, 6.07) is 4.56. The molecule has 1 N–H and O–H groups in total. The Balaban J connectivity index is 1.81. The molecule has 0 spiro atoms. The van der Waals surface area contributed by atoms with Gasteiger partial charge in [0, 0.05) is 31.7 Å². The van der Waals surface area contributed by atoms with Crippen molar-refractivity contribution >= 4 is 11.8 Å². The quantitative estimate of drug-likeness (QED) is 0.613. The minimum absolute atomic E-state index is 0.0501. The van der Waals surface area contributed by atoms with Crippen molar-refractivity contribution in [3.05, 3.63) is 60.7 Å². The first-order chi connectivity index (χ1) is 15.2. The van der Waals surface area contributed by atoms with E-state index >= 15 is 0 Å². The number of alkyl halides is 3. The molecule has 3 rings (SSSR count). The number of hydrogen-bond donors (Lipinski definition) is 1. The molecule has 1 aromatic carbocycles. The van der Waals surface area contributed by atoms with Crippen LogP contribution in [-0.2, 0) is 22.3 Å². The van der Waals surface area contributed by atoms with Gasteiger partial charge in [0.15, 0.2) is 0 Å².